The molecule has 0 aromatic heterocycles. The van der Waals surface area contributed by atoms with Crippen molar-refractivity contribution in [2.45, 2.75) is 23.5 Å². The van der Waals surface area contributed by atoms with E-state index in [1.165, 1.54) is 0 Å². The van der Waals surface area contributed by atoms with E-state index < -0.39 is 3.23 Å². The van der Waals surface area contributed by atoms with Gasteiger partial charge in [0.15, 0.2) is 0 Å². The first-order valence-electron chi connectivity index (χ1n) is 4.38. The first-order chi connectivity index (χ1) is 6.49. The minimum atomic E-state index is -0.406. The van der Waals surface area contributed by atoms with E-state index in [1.54, 1.807) is 13.8 Å². The molecule has 1 aliphatic rings. The molecule has 1 heterocycles. The minimum absolute atomic E-state index is 0.326. The zero-order valence-corrected chi connectivity index (χ0v) is 11.3. The van der Waals surface area contributed by atoms with Gasteiger partial charge < -0.3 is 9.47 Å². The summed E-state index contributed by atoms with van der Waals surface area (Å²) in [5, 5.41) is 0. The number of ether oxygens (including phenoxy) is 2. The van der Waals surface area contributed by atoms with Gasteiger partial charge in [0.05, 0.1) is 18.8 Å². The Hall–Kier alpha value is -0.0300. The third-order valence-electron chi connectivity index (χ3n) is 1.92. The SMILES string of the molecule is CCOC(=O)/C(C)=C1/OCCC1(Br)Br. The van der Waals surface area contributed by atoms with Crippen LogP contribution < -0.4 is 0 Å². The van der Waals surface area contributed by atoms with Gasteiger partial charge in [0.25, 0.3) is 0 Å². The average molecular weight is 328 g/mol. The molecule has 0 bridgehead atoms. The first-order valence-corrected chi connectivity index (χ1v) is 5.96. The number of rotatable bonds is 2. The highest BCUT2D eigenvalue weighted by atomic mass is 79.9. The second-order valence-electron chi connectivity index (χ2n) is 2.98. The van der Waals surface area contributed by atoms with Crippen LogP contribution in [0.5, 0.6) is 0 Å². The van der Waals surface area contributed by atoms with Crippen molar-refractivity contribution in [2.24, 2.45) is 0 Å². The summed E-state index contributed by atoms with van der Waals surface area (Å²) in [6.45, 7) is 4.46. The summed E-state index contributed by atoms with van der Waals surface area (Å²) in [6, 6.07) is 0. The Labute approximate surface area is 100 Å². The van der Waals surface area contributed by atoms with Gasteiger partial charge in [0, 0.05) is 6.42 Å². The van der Waals surface area contributed by atoms with Crippen molar-refractivity contribution in [3.8, 4) is 0 Å². The summed E-state index contributed by atoms with van der Waals surface area (Å²) in [6.07, 6.45) is 0.791. The molecule has 0 radical (unpaired) electrons. The molecule has 1 rings (SSSR count). The molecule has 1 aliphatic heterocycles. The van der Waals surface area contributed by atoms with Crippen LogP contribution >= 0.6 is 31.9 Å². The van der Waals surface area contributed by atoms with E-state index in [4.69, 9.17) is 9.47 Å². The molecule has 0 saturated carbocycles. The Kier molecular flexibility index (Phi) is 4.01. The molecule has 1 saturated heterocycles. The van der Waals surface area contributed by atoms with Crippen LogP contribution in [-0.2, 0) is 14.3 Å². The van der Waals surface area contributed by atoms with E-state index in [0.29, 0.717) is 24.5 Å². The number of halogens is 2. The predicted molar refractivity (Wildman–Crippen MR) is 60.5 cm³/mol. The van der Waals surface area contributed by atoms with Gasteiger partial charge >= 0.3 is 5.97 Å². The Morgan fingerprint density at radius 1 is 1.64 bits per heavy atom. The van der Waals surface area contributed by atoms with E-state index >= 15 is 0 Å². The Morgan fingerprint density at radius 2 is 2.29 bits per heavy atom. The maximum Gasteiger partial charge on any atom is 0.337 e. The first kappa shape index (κ1) is 12.0. The second-order valence-corrected chi connectivity index (χ2v) is 6.75. The number of alkyl halides is 2. The summed E-state index contributed by atoms with van der Waals surface area (Å²) in [7, 11) is 0. The molecule has 0 unspecified atom stereocenters. The van der Waals surface area contributed by atoms with Crippen molar-refractivity contribution in [3.63, 3.8) is 0 Å². The van der Waals surface area contributed by atoms with Gasteiger partial charge in [-0.15, -0.1) is 0 Å². The van der Waals surface area contributed by atoms with Gasteiger partial charge in [-0.25, -0.2) is 4.79 Å². The molecule has 0 aromatic rings. The molecule has 80 valence electrons. The summed E-state index contributed by atoms with van der Waals surface area (Å²) in [5.74, 6) is 0.295. The fourth-order valence-corrected chi connectivity index (χ4v) is 2.36. The lowest BCUT2D eigenvalue weighted by Gasteiger charge is -2.14. The Bertz CT molecular complexity index is 271. The van der Waals surface area contributed by atoms with Crippen LogP contribution in [0.4, 0.5) is 0 Å². The van der Waals surface area contributed by atoms with Crippen LogP contribution in [0.2, 0.25) is 0 Å². The van der Waals surface area contributed by atoms with E-state index in [-0.39, 0.29) is 5.97 Å². The number of carbonyl (C=O) groups is 1. The molecule has 0 amide bonds. The number of carbonyl (C=O) groups excluding carboxylic acids is 1. The van der Waals surface area contributed by atoms with Crippen LogP contribution in [0.1, 0.15) is 20.3 Å². The van der Waals surface area contributed by atoms with Crippen molar-refractivity contribution in [3.05, 3.63) is 11.3 Å². The summed E-state index contributed by atoms with van der Waals surface area (Å²) >= 11 is 6.91. The smallest absolute Gasteiger partial charge is 0.337 e. The second kappa shape index (κ2) is 4.66. The zero-order chi connectivity index (χ0) is 10.8. The van der Waals surface area contributed by atoms with Crippen LogP contribution in [0.3, 0.4) is 0 Å². The lowest BCUT2D eigenvalue weighted by atomic mass is 10.2. The fraction of sp³-hybridized carbons (Fsp3) is 0.667. The van der Waals surface area contributed by atoms with E-state index in [0.717, 1.165) is 6.42 Å². The van der Waals surface area contributed by atoms with Crippen molar-refractivity contribution in [1.29, 1.82) is 0 Å². The van der Waals surface area contributed by atoms with Gasteiger partial charge in [0.2, 0.25) is 0 Å². The highest BCUT2D eigenvalue weighted by Crippen LogP contribution is 2.44. The summed E-state index contributed by atoms with van der Waals surface area (Å²) in [5.41, 5.74) is 0.512. The lowest BCUT2D eigenvalue weighted by molar-refractivity contribution is -0.138. The van der Waals surface area contributed by atoms with Crippen LogP contribution in [0.25, 0.3) is 0 Å². The Balaban J connectivity index is 2.87. The number of esters is 1. The van der Waals surface area contributed by atoms with Gasteiger partial charge in [0.1, 0.15) is 8.99 Å². The maximum absolute atomic E-state index is 11.4. The molecule has 0 N–H and O–H groups in total. The largest absolute Gasteiger partial charge is 0.495 e. The molecule has 0 spiro atoms. The third kappa shape index (κ3) is 2.51. The van der Waals surface area contributed by atoms with Crippen molar-refractivity contribution < 1.29 is 14.3 Å². The molecular formula is C9H12Br2O3. The van der Waals surface area contributed by atoms with Crippen LogP contribution in [0.15, 0.2) is 11.3 Å². The maximum atomic E-state index is 11.4. The van der Waals surface area contributed by atoms with Gasteiger partial charge in [-0.1, -0.05) is 31.9 Å². The molecule has 14 heavy (non-hydrogen) atoms. The van der Waals surface area contributed by atoms with Crippen molar-refractivity contribution in [1.82, 2.24) is 0 Å². The van der Waals surface area contributed by atoms with Crippen molar-refractivity contribution >= 4 is 37.8 Å². The van der Waals surface area contributed by atoms with Crippen LogP contribution in [-0.4, -0.2) is 22.4 Å². The number of hydrogen-bond acceptors (Lipinski definition) is 3. The standard InChI is InChI=1S/C9H12Br2O3/c1-3-13-8(12)6(2)7-9(10,11)4-5-14-7/h3-5H2,1-2H3/b7-6+. The van der Waals surface area contributed by atoms with Crippen molar-refractivity contribution in [2.75, 3.05) is 13.2 Å². The third-order valence-corrected chi connectivity index (χ3v) is 3.43. The molecule has 0 atom stereocenters. The fourth-order valence-electron chi connectivity index (χ4n) is 1.22. The van der Waals surface area contributed by atoms with E-state index in [9.17, 15) is 4.79 Å². The molecule has 1 fully saturated rings. The van der Waals surface area contributed by atoms with Gasteiger partial charge in [-0.05, 0) is 13.8 Å². The van der Waals surface area contributed by atoms with E-state index in [1.807, 2.05) is 0 Å². The van der Waals surface area contributed by atoms with Gasteiger partial charge in [-0.3, -0.25) is 0 Å². The molecule has 5 heteroatoms. The zero-order valence-electron chi connectivity index (χ0n) is 8.10. The quantitative estimate of drug-likeness (QED) is 0.444. The normalized spacial score (nSPS) is 22.9. The number of hydrogen-bond donors (Lipinski definition) is 0. The van der Waals surface area contributed by atoms with Crippen LogP contribution in [0, 0.1) is 0 Å². The highest BCUT2D eigenvalue weighted by Gasteiger charge is 2.38. The predicted octanol–water partition coefficient (Wildman–Crippen LogP) is 2.73. The average Bonchev–Trinajstić information content (AvgIpc) is 2.44. The minimum Gasteiger partial charge on any atom is -0.495 e. The number of allylic oxidation sites excluding steroid dienone is 1. The summed E-state index contributed by atoms with van der Waals surface area (Å²) in [4.78, 5) is 11.4. The highest BCUT2D eigenvalue weighted by molar-refractivity contribution is 9.25. The lowest BCUT2D eigenvalue weighted by Crippen LogP contribution is -2.15. The Morgan fingerprint density at radius 3 is 2.71 bits per heavy atom. The molecule has 0 aliphatic carbocycles. The van der Waals surface area contributed by atoms with E-state index in [2.05, 4.69) is 31.9 Å². The monoisotopic (exact) mass is 326 g/mol. The molecule has 0 aromatic carbocycles. The van der Waals surface area contributed by atoms with Gasteiger partial charge in [-0.2, -0.15) is 0 Å². The summed E-state index contributed by atoms with van der Waals surface area (Å²) < 4.78 is 9.87. The molecule has 3 nitrogen and oxygen atoms in total. The molecular weight excluding hydrogens is 316 g/mol. The topological polar surface area (TPSA) is 35.5 Å².